The van der Waals surface area contributed by atoms with Crippen molar-refractivity contribution in [2.45, 2.75) is 64.2 Å². The van der Waals surface area contributed by atoms with Gasteiger partial charge in [-0.25, -0.2) is 8.42 Å². The van der Waals surface area contributed by atoms with Gasteiger partial charge >= 0.3 is 0 Å². The number of rotatable bonds is 6. The molecule has 0 N–H and O–H groups in total. The standard InChI is InChI=1S/C30H36N2O4S/c1-19(2)26(33)18-32-25-14-12-20(3)16-22(25)30(6,7)28(32)11-9-10-27-29(4,5)23-17-21(37(34,35)36)13-15-24(23)31(27)8/h9-17,19H,18H2,1-8H3. The highest BCUT2D eigenvalue weighted by atomic mass is 32.2. The van der Waals surface area contributed by atoms with E-state index in [0.29, 0.717) is 6.54 Å². The zero-order chi connectivity index (χ0) is 27.5. The number of Topliss-reactive ketones (excluding diaryl/α,β-unsaturated/α-hetero) is 1. The molecule has 2 heterocycles. The summed E-state index contributed by atoms with van der Waals surface area (Å²) in [6.07, 6.45) is 6.12. The van der Waals surface area contributed by atoms with Gasteiger partial charge in [0.1, 0.15) is 17.2 Å². The number of ketones is 1. The van der Waals surface area contributed by atoms with E-state index in [-0.39, 0.29) is 22.0 Å². The third-order valence-electron chi connectivity index (χ3n) is 7.81. The summed E-state index contributed by atoms with van der Waals surface area (Å²) in [5.74, 6) is 0.129. The molecule has 0 spiro atoms. The lowest BCUT2D eigenvalue weighted by molar-refractivity contribution is -0.401. The van der Waals surface area contributed by atoms with Gasteiger partial charge in [-0.2, -0.15) is 4.58 Å². The van der Waals surface area contributed by atoms with Crippen LogP contribution in [0.4, 0.5) is 11.4 Å². The fourth-order valence-corrected chi connectivity index (χ4v) is 6.00. The normalized spacial score (nSPS) is 19.3. The van der Waals surface area contributed by atoms with Gasteiger partial charge < -0.3 is 9.45 Å². The highest BCUT2D eigenvalue weighted by molar-refractivity contribution is 7.85. The zero-order valence-electron chi connectivity index (χ0n) is 22.9. The van der Waals surface area contributed by atoms with Crippen LogP contribution in [0.25, 0.3) is 0 Å². The van der Waals surface area contributed by atoms with E-state index in [2.05, 4.69) is 49.9 Å². The lowest BCUT2D eigenvalue weighted by atomic mass is 9.81. The molecule has 37 heavy (non-hydrogen) atoms. The van der Waals surface area contributed by atoms with Gasteiger partial charge in [0.15, 0.2) is 11.5 Å². The van der Waals surface area contributed by atoms with Gasteiger partial charge in [0.25, 0.3) is 0 Å². The lowest BCUT2D eigenvalue weighted by Gasteiger charge is -2.27. The van der Waals surface area contributed by atoms with Gasteiger partial charge in [-0.1, -0.05) is 51.5 Å². The van der Waals surface area contributed by atoms with Crippen LogP contribution in [0.2, 0.25) is 0 Å². The second-order valence-corrected chi connectivity index (χ2v) is 12.8. The van der Waals surface area contributed by atoms with Crippen molar-refractivity contribution in [2.24, 2.45) is 5.92 Å². The fraction of sp³-hybridized carbons (Fsp3) is 0.400. The average molecular weight is 521 g/mol. The summed E-state index contributed by atoms with van der Waals surface area (Å²) in [4.78, 5) is 14.7. The van der Waals surface area contributed by atoms with Gasteiger partial charge in [0.05, 0.1) is 16.9 Å². The number of hydrogen-bond donors (Lipinski definition) is 0. The smallest absolute Gasteiger partial charge is 0.209 e. The molecule has 0 unspecified atom stereocenters. The molecule has 2 aliphatic rings. The topological polar surface area (TPSA) is 80.5 Å². The summed E-state index contributed by atoms with van der Waals surface area (Å²) in [6.45, 7) is 14.7. The number of carbonyl (C=O) groups is 1. The van der Waals surface area contributed by atoms with E-state index in [1.54, 1.807) is 6.07 Å². The Labute approximate surface area is 220 Å². The van der Waals surface area contributed by atoms with Crippen molar-refractivity contribution in [1.82, 2.24) is 0 Å². The van der Waals surface area contributed by atoms with Crippen LogP contribution < -0.4 is 4.90 Å². The van der Waals surface area contributed by atoms with Crippen molar-refractivity contribution in [3.8, 4) is 0 Å². The van der Waals surface area contributed by atoms with E-state index in [4.69, 9.17) is 0 Å². The minimum Gasteiger partial charge on any atom is -0.744 e. The zero-order valence-corrected chi connectivity index (χ0v) is 23.7. The van der Waals surface area contributed by atoms with Crippen molar-refractivity contribution in [1.29, 1.82) is 0 Å². The van der Waals surface area contributed by atoms with Crippen molar-refractivity contribution >= 4 is 33.0 Å². The van der Waals surface area contributed by atoms with Crippen LogP contribution in [0.15, 0.2) is 65.2 Å². The van der Waals surface area contributed by atoms with E-state index in [9.17, 15) is 17.8 Å². The molecule has 0 saturated carbocycles. The van der Waals surface area contributed by atoms with Gasteiger partial charge in [0.2, 0.25) is 5.69 Å². The maximum absolute atomic E-state index is 12.8. The van der Waals surface area contributed by atoms with E-state index in [1.807, 2.05) is 51.5 Å². The molecule has 0 radical (unpaired) electrons. The van der Waals surface area contributed by atoms with Crippen molar-refractivity contribution < 1.29 is 22.3 Å². The Bertz CT molecular complexity index is 1490. The Morgan fingerprint density at radius 3 is 2.35 bits per heavy atom. The van der Waals surface area contributed by atoms with Crippen LogP contribution in [0.3, 0.4) is 0 Å². The van der Waals surface area contributed by atoms with Crippen molar-refractivity contribution in [3.05, 3.63) is 77.0 Å². The predicted octanol–water partition coefficient (Wildman–Crippen LogP) is 5.37. The Kier molecular flexibility index (Phi) is 6.62. The second kappa shape index (κ2) is 9.07. The van der Waals surface area contributed by atoms with Gasteiger partial charge in [-0.3, -0.25) is 4.79 Å². The Balaban J connectivity index is 1.75. The summed E-state index contributed by atoms with van der Waals surface area (Å²) in [5, 5.41) is 0. The summed E-state index contributed by atoms with van der Waals surface area (Å²) in [6, 6.07) is 10.9. The molecule has 196 valence electrons. The molecule has 0 fully saturated rings. The van der Waals surface area contributed by atoms with Crippen LogP contribution in [0.5, 0.6) is 0 Å². The second-order valence-electron chi connectivity index (χ2n) is 11.5. The molecule has 2 aliphatic heterocycles. The third kappa shape index (κ3) is 4.59. The Morgan fingerprint density at radius 2 is 1.73 bits per heavy atom. The SMILES string of the molecule is Cc1ccc2c(c1)C(C)(C)/C(=C/C=C/C1=[N+](C)c3ccc(S(=O)(=O)[O-])cc3C1(C)C)N2CC(=O)C(C)C. The molecule has 0 aromatic heterocycles. The number of carbonyl (C=O) groups excluding carboxylic acids is 1. The Hall–Kier alpha value is -3.03. The molecule has 0 saturated heterocycles. The molecular weight excluding hydrogens is 484 g/mol. The highest BCUT2D eigenvalue weighted by Gasteiger charge is 2.44. The van der Waals surface area contributed by atoms with Crippen molar-refractivity contribution in [2.75, 3.05) is 18.5 Å². The van der Waals surface area contributed by atoms with E-state index >= 15 is 0 Å². The number of benzene rings is 2. The summed E-state index contributed by atoms with van der Waals surface area (Å²) in [7, 11) is -2.60. The Morgan fingerprint density at radius 1 is 1.05 bits per heavy atom. The average Bonchev–Trinajstić information content (AvgIpc) is 3.12. The molecule has 0 bridgehead atoms. The van der Waals surface area contributed by atoms with E-state index in [1.165, 1.54) is 23.3 Å². The van der Waals surface area contributed by atoms with Crippen LogP contribution in [-0.2, 0) is 25.7 Å². The maximum Gasteiger partial charge on any atom is 0.209 e. The lowest BCUT2D eigenvalue weighted by Crippen LogP contribution is -2.32. The van der Waals surface area contributed by atoms with Crippen LogP contribution in [-0.4, -0.2) is 42.6 Å². The largest absolute Gasteiger partial charge is 0.744 e. The molecule has 7 heteroatoms. The molecule has 4 rings (SSSR count). The first kappa shape index (κ1) is 27.0. The van der Waals surface area contributed by atoms with Gasteiger partial charge in [0, 0.05) is 40.4 Å². The number of aryl methyl sites for hydroxylation is 1. The quantitative estimate of drug-likeness (QED) is 0.378. The number of nitrogens with zero attached hydrogens (tertiary/aromatic N) is 2. The summed E-state index contributed by atoms with van der Waals surface area (Å²) < 4.78 is 36.9. The summed E-state index contributed by atoms with van der Waals surface area (Å²) in [5.41, 5.74) is 6.36. The van der Waals surface area contributed by atoms with Crippen LogP contribution in [0, 0.1) is 12.8 Å². The fourth-order valence-electron chi connectivity index (χ4n) is 5.50. The molecule has 6 nitrogen and oxygen atoms in total. The first-order valence-corrected chi connectivity index (χ1v) is 14.0. The van der Waals surface area contributed by atoms with Gasteiger partial charge in [-0.05, 0) is 50.6 Å². The number of anilines is 1. The molecule has 0 amide bonds. The minimum absolute atomic E-state index is 0.0563. The predicted molar refractivity (Wildman–Crippen MR) is 147 cm³/mol. The molecular formula is C30H36N2O4S. The molecule has 2 aromatic carbocycles. The first-order chi connectivity index (χ1) is 17.1. The van der Waals surface area contributed by atoms with Gasteiger partial charge in [-0.15, -0.1) is 0 Å². The summed E-state index contributed by atoms with van der Waals surface area (Å²) >= 11 is 0. The molecule has 2 aromatic rings. The molecule has 0 atom stereocenters. The first-order valence-electron chi connectivity index (χ1n) is 12.6. The minimum atomic E-state index is -4.54. The third-order valence-corrected chi connectivity index (χ3v) is 8.64. The monoisotopic (exact) mass is 520 g/mol. The number of fused-ring (bicyclic) bond motifs is 2. The van der Waals surface area contributed by atoms with Crippen LogP contribution >= 0.6 is 0 Å². The number of hydrogen-bond acceptors (Lipinski definition) is 5. The van der Waals surface area contributed by atoms with E-state index in [0.717, 1.165) is 28.3 Å². The van der Waals surface area contributed by atoms with E-state index < -0.39 is 15.5 Å². The van der Waals surface area contributed by atoms with Crippen LogP contribution in [0.1, 0.15) is 58.2 Å². The molecule has 0 aliphatic carbocycles. The number of allylic oxidation sites excluding steroid dienone is 4. The van der Waals surface area contributed by atoms with Crippen molar-refractivity contribution in [3.63, 3.8) is 0 Å². The highest BCUT2D eigenvalue weighted by Crippen LogP contribution is 2.48. The maximum atomic E-state index is 12.8.